The number of carbonyl (C=O) groups is 2. The third-order valence-corrected chi connectivity index (χ3v) is 2.46. The van der Waals surface area contributed by atoms with Crippen LogP contribution in [0.1, 0.15) is 0 Å². The van der Waals surface area contributed by atoms with Gasteiger partial charge in [-0.3, -0.25) is 30.1 Å². The van der Waals surface area contributed by atoms with Gasteiger partial charge in [-0.1, -0.05) is 0 Å². The molecule has 0 radical (unpaired) electrons. The van der Waals surface area contributed by atoms with Gasteiger partial charge in [0.25, 0.3) is 0 Å². The van der Waals surface area contributed by atoms with Gasteiger partial charge in [-0.15, -0.1) is 0 Å². The van der Waals surface area contributed by atoms with Crippen molar-refractivity contribution in [3.05, 3.63) is 0 Å². The van der Waals surface area contributed by atoms with Crippen molar-refractivity contribution in [2.45, 2.75) is 0 Å². The topological polar surface area (TPSA) is 83.0 Å². The second-order valence-electron chi connectivity index (χ2n) is 3.59. The van der Waals surface area contributed by atoms with E-state index in [4.69, 9.17) is 4.74 Å². The summed E-state index contributed by atoms with van der Waals surface area (Å²) in [6.45, 7) is 4.68. The maximum atomic E-state index is 10.8. The fraction of sp³-hybridized carbons (Fsp3) is 0.667. The Balaban J connectivity index is 1.72. The van der Waals surface area contributed by atoms with E-state index in [0.29, 0.717) is 6.54 Å². The van der Waals surface area contributed by atoms with Gasteiger partial charge in [-0.05, 0) is 0 Å². The molecule has 7 nitrogen and oxygen atoms in total. The summed E-state index contributed by atoms with van der Waals surface area (Å²) in [4.78, 5) is 28.0. The number of amides is 2. The van der Waals surface area contributed by atoms with Crippen molar-refractivity contribution in [2.24, 2.45) is 4.99 Å². The zero-order chi connectivity index (χ0) is 11.4. The Kier molecular flexibility index (Phi) is 3.47. The Labute approximate surface area is 92.8 Å². The van der Waals surface area contributed by atoms with Crippen LogP contribution in [-0.4, -0.2) is 62.1 Å². The van der Waals surface area contributed by atoms with Crippen molar-refractivity contribution in [3.8, 4) is 0 Å². The molecule has 16 heavy (non-hydrogen) atoms. The lowest BCUT2D eigenvalue weighted by atomic mass is 10.4. The summed E-state index contributed by atoms with van der Waals surface area (Å²) >= 11 is 0. The van der Waals surface area contributed by atoms with Gasteiger partial charge in [0, 0.05) is 19.6 Å². The van der Waals surface area contributed by atoms with E-state index in [0.717, 1.165) is 32.8 Å². The predicted molar refractivity (Wildman–Crippen MR) is 55.8 cm³/mol. The van der Waals surface area contributed by atoms with Crippen LogP contribution in [0.4, 0.5) is 0 Å². The first-order chi connectivity index (χ1) is 7.75. The van der Waals surface area contributed by atoms with Crippen LogP contribution in [0.15, 0.2) is 4.99 Å². The molecule has 2 N–H and O–H groups in total. The zero-order valence-electron chi connectivity index (χ0n) is 8.86. The third kappa shape index (κ3) is 2.77. The molecule has 2 heterocycles. The number of nitrogens with one attached hydrogen (secondary N) is 2. The smallest absolute Gasteiger partial charge is 0.316 e. The molecule has 2 saturated heterocycles. The molecule has 0 aliphatic carbocycles. The first-order valence-electron chi connectivity index (χ1n) is 5.22. The lowest BCUT2D eigenvalue weighted by Crippen LogP contribution is -2.38. The predicted octanol–water partition coefficient (Wildman–Crippen LogP) is -2.08. The number of morpholine rings is 1. The monoisotopic (exact) mass is 226 g/mol. The molecule has 2 rings (SSSR count). The van der Waals surface area contributed by atoms with Gasteiger partial charge in [0.15, 0.2) is 0 Å². The fourth-order valence-electron chi connectivity index (χ4n) is 1.57. The van der Waals surface area contributed by atoms with Crippen LogP contribution in [0.2, 0.25) is 0 Å². The van der Waals surface area contributed by atoms with Crippen LogP contribution in [0.5, 0.6) is 0 Å². The molecule has 0 aromatic carbocycles. The van der Waals surface area contributed by atoms with Gasteiger partial charge in [0.2, 0.25) is 5.96 Å². The molecule has 0 bridgehead atoms. The van der Waals surface area contributed by atoms with Crippen molar-refractivity contribution in [1.29, 1.82) is 0 Å². The summed E-state index contributed by atoms with van der Waals surface area (Å²) in [5.41, 5.74) is 0. The zero-order valence-corrected chi connectivity index (χ0v) is 8.86. The number of nitrogens with zero attached hydrogens (tertiary/aromatic N) is 2. The molecule has 7 heteroatoms. The van der Waals surface area contributed by atoms with Crippen LogP contribution < -0.4 is 10.6 Å². The lowest BCUT2D eigenvalue weighted by Gasteiger charge is -2.25. The SMILES string of the molecule is O=C1NC(=NCCN2CCOCC2)NC1=O. The number of rotatable bonds is 3. The third-order valence-electron chi connectivity index (χ3n) is 2.46. The van der Waals surface area contributed by atoms with E-state index in [1.54, 1.807) is 0 Å². The molecule has 0 aromatic heterocycles. The molecule has 0 unspecified atom stereocenters. The molecule has 2 aliphatic rings. The van der Waals surface area contributed by atoms with E-state index in [2.05, 4.69) is 20.5 Å². The highest BCUT2D eigenvalue weighted by Gasteiger charge is 2.24. The average molecular weight is 226 g/mol. The lowest BCUT2D eigenvalue weighted by molar-refractivity contribution is -0.135. The molecule has 0 aromatic rings. The minimum Gasteiger partial charge on any atom is -0.379 e. The number of guanidine groups is 1. The van der Waals surface area contributed by atoms with E-state index in [-0.39, 0.29) is 5.96 Å². The molecule has 2 amide bonds. The first-order valence-corrected chi connectivity index (χ1v) is 5.22. The fourth-order valence-corrected chi connectivity index (χ4v) is 1.57. The van der Waals surface area contributed by atoms with Crippen LogP contribution >= 0.6 is 0 Å². The van der Waals surface area contributed by atoms with Gasteiger partial charge in [0.05, 0.1) is 19.8 Å². The number of hydrogen-bond acceptors (Lipinski definition) is 5. The molecular formula is C9H14N4O3. The highest BCUT2D eigenvalue weighted by atomic mass is 16.5. The maximum Gasteiger partial charge on any atom is 0.316 e. The molecule has 2 fully saturated rings. The first kappa shape index (κ1) is 11.0. The number of hydrogen-bond donors (Lipinski definition) is 2. The quantitative estimate of drug-likeness (QED) is 0.541. The maximum absolute atomic E-state index is 10.8. The molecule has 0 atom stereocenters. The molecule has 2 aliphatic heterocycles. The number of carbonyl (C=O) groups excluding carboxylic acids is 2. The Hall–Kier alpha value is -1.47. The highest BCUT2D eigenvalue weighted by molar-refractivity contribution is 6.45. The summed E-state index contributed by atoms with van der Waals surface area (Å²) in [5, 5.41) is 4.70. The Morgan fingerprint density at radius 3 is 2.44 bits per heavy atom. The van der Waals surface area contributed by atoms with Crippen LogP contribution in [0.3, 0.4) is 0 Å². The average Bonchev–Trinajstić information content (AvgIpc) is 2.60. The van der Waals surface area contributed by atoms with E-state index in [1.807, 2.05) is 0 Å². The van der Waals surface area contributed by atoms with Crippen LogP contribution in [-0.2, 0) is 14.3 Å². The molecule has 0 spiro atoms. The van der Waals surface area contributed by atoms with Crippen molar-refractivity contribution >= 4 is 17.8 Å². The summed E-state index contributed by atoms with van der Waals surface area (Å²) in [5.74, 6) is -1.04. The van der Waals surface area contributed by atoms with E-state index in [9.17, 15) is 9.59 Å². The minimum atomic E-state index is -0.648. The molecular weight excluding hydrogens is 212 g/mol. The van der Waals surface area contributed by atoms with E-state index >= 15 is 0 Å². The number of aliphatic imine (C=N–C) groups is 1. The van der Waals surface area contributed by atoms with Crippen LogP contribution in [0.25, 0.3) is 0 Å². The largest absolute Gasteiger partial charge is 0.379 e. The van der Waals surface area contributed by atoms with Crippen LogP contribution in [0, 0.1) is 0 Å². The van der Waals surface area contributed by atoms with Gasteiger partial charge in [-0.2, -0.15) is 0 Å². The summed E-state index contributed by atoms with van der Waals surface area (Å²) in [6.07, 6.45) is 0. The van der Waals surface area contributed by atoms with Crippen molar-refractivity contribution in [3.63, 3.8) is 0 Å². The van der Waals surface area contributed by atoms with Crippen molar-refractivity contribution < 1.29 is 14.3 Å². The van der Waals surface area contributed by atoms with Gasteiger partial charge in [0.1, 0.15) is 0 Å². The second kappa shape index (κ2) is 5.04. The normalized spacial score (nSPS) is 21.9. The van der Waals surface area contributed by atoms with Gasteiger partial charge >= 0.3 is 11.8 Å². The van der Waals surface area contributed by atoms with Gasteiger partial charge in [-0.25, -0.2) is 0 Å². The Morgan fingerprint density at radius 1 is 1.19 bits per heavy atom. The van der Waals surface area contributed by atoms with E-state index in [1.165, 1.54) is 0 Å². The van der Waals surface area contributed by atoms with Crippen molar-refractivity contribution in [2.75, 3.05) is 39.4 Å². The van der Waals surface area contributed by atoms with Crippen molar-refractivity contribution in [1.82, 2.24) is 15.5 Å². The summed E-state index contributed by atoms with van der Waals surface area (Å²) in [6, 6.07) is 0. The van der Waals surface area contributed by atoms with E-state index < -0.39 is 11.8 Å². The summed E-state index contributed by atoms with van der Waals surface area (Å²) < 4.78 is 5.22. The number of ether oxygens (including phenoxy) is 1. The van der Waals surface area contributed by atoms with Gasteiger partial charge < -0.3 is 4.74 Å². The summed E-state index contributed by atoms with van der Waals surface area (Å²) in [7, 11) is 0. The Bertz CT molecular complexity index is 305. The Morgan fingerprint density at radius 2 is 1.81 bits per heavy atom. The minimum absolute atomic E-state index is 0.253. The molecule has 0 saturated carbocycles. The standard InChI is InChI=1S/C9H14N4O3/c14-7-8(15)12-9(11-7)10-1-2-13-3-5-16-6-4-13/h1-6H2,(H2,10,11,12,14,15). The molecule has 88 valence electrons. The second-order valence-corrected chi connectivity index (χ2v) is 3.59. The highest BCUT2D eigenvalue weighted by Crippen LogP contribution is 1.95.